The highest BCUT2D eigenvalue weighted by atomic mass is 35.5. The van der Waals surface area contributed by atoms with Crippen molar-refractivity contribution in [1.82, 2.24) is 0 Å². The van der Waals surface area contributed by atoms with E-state index in [1.807, 2.05) is 0 Å². The summed E-state index contributed by atoms with van der Waals surface area (Å²) in [5.74, 6) is 2.08. The van der Waals surface area contributed by atoms with Gasteiger partial charge >= 0.3 is 7.69 Å². The third-order valence-electron chi connectivity index (χ3n) is 2.63. The van der Waals surface area contributed by atoms with E-state index in [2.05, 4.69) is 0 Å². The second kappa shape index (κ2) is 7.34. The first-order chi connectivity index (χ1) is 10.1. The number of rotatable bonds is 6. The van der Waals surface area contributed by atoms with E-state index in [0.717, 1.165) is 7.69 Å². The Balaban J connectivity index is 2.01. The predicted octanol–water partition coefficient (Wildman–Crippen LogP) is 4.00. The average molecular weight is 326 g/mol. The molecule has 0 N–H and O–H groups in total. The molecule has 0 unspecified atom stereocenters. The van der Waals surface area contributed by atoms with Gasteiger partial charge in [0.1, 0.15) is 23.0 Å². The van der Waals surface area contributed by atoms with Crippen LogP contribution in [0.1, 0.15) is 0 Å². The van der Waals surface area contributed by atoms with E-state index in [9.17, 15) is 0 Å². The van der Waals surface area contributed by atoms with Crippen molar-refractivity contribution in [3.8, 4) is 23.0 Å². The van der Waals surface area contributed by atoms with Gasteiger partial charge in [-0.3, -0.25) is 0 Å². The van der Waals surface area contributed by atoms with Gasteiger partial charge in [0.15, 0.2) is 0 Å². The standard InChI is InChI=1S/C14H12BCl2O4/c1-18-9-3-5-11(16)13(7-9)20-15-21-14-8-10(19-2)4-6-12(14)17/h3-8H,1-2H3. The number of hydrogen-bond donors (Lipinski definition) is 0. The summed E-state index contributed by atoms with van der Waals surface area (Å²) in [6.45, 7) is 0. The van der Waals surface area contributed by atoms with Gasteiger partial charge in [0.05, 0.1) is 24.3 Å². The molecule has 2 aromatic carbocycles. The molecule has 21 heavy (non-hydrogen) atoms. The molecule has 7 heteroatoms. The van der Waals surface area contributed by atoms with Gasteiger partial charge in [-0.25, -0.2) is 0 Å². The van der Waals surface area contributed by atoms with Crippen molar-refractivity contribution in [2.45, 2.75) is 0 Å². The minimum absolute atomic E-state index is 0.412. The van der Waals surface area contributed by atoms with Crippen LogP contribution in [0.4, 0.5) is 0 Å². The van der Waals surface area contributed by atoms with Gasteiger partial charge in [0, 0.05) is 12.1 Å². The minimum Gasteiger partial charge on any atom is -0.525 e. The maximum atomic E-state index is 6.01. The Morgan fingerprint density at radius 2 is 1.19 bits per heavy atom. The molecular formula is C14H12BCl2O4. The van der Waals surface area contributed by atoms with Gasteiger partial charge in [-0.2, -0.15) is 0 Å². The van der Waals surface area contributed by atoms with Crippen LogP contribution in [0.2, 0.25) is 10.0 Å². The molecule has 0 saturated carbocycles. The molecule has 2 rings (SSSR count). The SMILES string of the molecule is COc1ccc(Cl)c(O[B]Oc2cc(OC)ccc2Cl)c1. The van der Waals surface area contributed by atoms with Crippen LogP contribution in [0.15, 0.2) is 36.4 Å². The number of methoxy groups -OCH3 is 2. The molecule has 0 aliphatic carbocycles. The van der Waals surface area contributed by atoms with Crippen LogP contribution in [0.5, 0.6) is 23.0 Å². The summed E-state index contributed by atoms with van der Waals surface area (Å²) in [4.78, 5) is 0. The fourth-order valence-corrected chi connectivity index (χ4v) is 1.85. The van der Waals surface area contributed by atoms with Crippen LogP contribution in [0.3, 0.4) is 0 Å². The topological polar surface area (TPSA) is 36.9 Å². The lowest BCUT2D eigenvalue weighted by Gasteiger charge is -2.11. The summed E-state index contributed by atoms with van der Waals surface area (Å²) in [5.41, 5.74) is 0. The molecule has 2 aromatic rings. The lowest BCUT2D eigenvalue weighted by atomic mass is 10.2. The zero-order chi connectivity index (χ0) is 15.2. The predicted molar refractivity (Wildman–Crippen MR) is 83.0 cm³/mol. The van der Waals surface area contributed by atoms with Crippen molar-refractivity contribution in [3.63, 3.8) is 0 Å². The molecule has 0 spiro atoms. The molecule has 0 aliphatic rings. The van der Waals surface area contributed by atoms with Gasteiger partial charge in [0.2, 0.25) is 0 Å². The third-order valence-corrected chi connectivity index (χ3v) is 3.25. The molecule has 0 heterocycles. The first-order valence-electron chi connectivity index (χ1n) is 5.96. The molecule has 0 amide bonds. The van der Waals surface area contributed by atoms with E-state index in [1.54, 1.807) is 50.6 Å². The normalized spacial score (nSPS) is 9.90. The highest BCUT2D eigenvalue weighted by Gasteiger charge is 2.10. The van der Waals surface area contributed by atoms with E-state index >= 15 is 0 Å². The summed E-state index contributed by atoms with van der Waals surface area (Å²) < 4.78 is 20.9. The Hall–Kier alpha value is -1.72. The average Bonchev–Trinajstić information content (AvgIpc) is 2.51. The molecule has 0 atom stereocenters. The molecule has 109 valence electrons. The van der Waals surface area contributed by atoms with E-state index in [1.165, 1.54) is 0 Å². The fourth-order valence-electron chi connectivity index (χ4n) is 1.53. The van der Waals surface area contributed by atoms with E-state index in [-0.39, 0.29) is 0 Å². The molecular weight excluding hydrogens is 314 g/mol. The quantitative estimate of drug-likeness (QED) is 0.752. The Morgan fingerprint density at radius 1 is 0.762 bits per heavy atom. The molecule has 0 fully saturated rings. The smallest absolute Gasteiger partial charge is 0.525 e. The largest absolute Gasteiger partial charge is 0.658 e. The van der Waals surface area contributed by atoms with Crippen molar-refractivity contribution in [2.24, 2.45) is 0 Å². The number of benzene rings is 2. The monoisotopic (exact) mass is 325 g/mol. The third kappa shape index (κ3) is 4.13. The van der Waals surface area contributed by atoms with Gasteiger partial charge in [0.25, 0.3) is 0 Å². The lowest BCUT2D eigenvalue weighted by Crippen LogP contribution is -2.11. The summed E-state index contributed by atoms with van der Waals surface area (Å²) in [5, 5.41) is 0.875. The zero-order valence-electron chi connectivity index (χ0n) is 11.4. The maximum absolute atomic E-state index is 6.01. The van der Waals surface area contributed by atoms with Crippen LogP contribution in [-0.2, 0) is 0 Å². The highest BCUT2D eigenvalue weighted by Crippen LogP contribution is 2.30. The van der Waals surface area contributed by atoms with Gasteiger partial charge in [-0.15, -0.1) is 0 Å². The van der Waals surface area contributed by atoms with Crippen molar-refractivity contribution in [3.05, 3.63) is 46.4 Å². The number of ether oxygens (including phenoxy) is 2. The van der Waals surface area contributed by atoms with E-state index < -0.39 is 0 Å². The summed E-state index contributed by atoms with van der Waals surface area (Å²) in [6, 6.07) is 10.1. The van der Waals surface area contributed by atoms with Crippen LogP contribution >= 0.6 is 23.2 Å². The molecule has 1 radical (unpaired) electrons. The zero-order valence-corrected chi connectivity index (χ0v) is 12.9. The van der Waals surface area contributed by atoms with Gasteiger partial charge in [-0.05, 0) is 24.3 Å². The second-order valence-corrected chi connectivity index (χ2v) is 4.74. The van der Waals surface area contributed by atoms with Crippen molar-refractivity contribution in [1.29, 1.82) is 0 Å². The number of halogens is 2. The lowest BCUT2D eigenvalue weighted by molar-refractivity contribution is 0.406. The first-order valence-corrected chi connectivity index (χ1v) is 6.71. The Kier molecular flexibility index (Phi) is 5.48. The van der Waals surface area contributed by atoms with E-state index in [0.29, 0.717) is 33.0 Å². The molecule has 0 saturated heterocycles. The van der Waals surface area contributed by atoms with E-state index in [4.69, 9.17) is 42.0 Å². The minimum atomic E-state index is 0.412. The molecule has 4 nitrogen and oxygen atoms in total. The fraction of sp³-hybridized carbons (Fsp3) is 0.143. The van der Waals surface area contributed by atoms with Crippen molar-refractivity contribution >= 4 is 30.9 Å². The highest BCUT2D eigenvalue weighted by molar-refractivity contribution is 6.34. The Labute approximate surface area is 133 Å². The maximum Gasteiger partial charge on any atom is 0.658 e. The van der Waals surface area contributed by atoms with Crippen LogP contribution in [0.25, 0.3) is 0 Å². The number of hydrogen-bond acceptors (Lipinski definition) is 4. The summed E-state index contributed by atoms with van der Waals surface area (Å²) >= 11 is 12.0. The molecule has 0 bridgehead atoms. The first kappa shape index (κ1) is 15.7. The van der Waals surface area contributed by atoms with Crippen molar-refractivity contribution < 1.29 is 18.8 Å². The molecule has 0 aliphatic heterocycles. The van der Waals surface area contributed by atoms with Crippen LogP contribution in [0, 0.1) is 0 Å². The Bertz CT molecular complexity index is 568. The second-order valence-electron chi connectivity index (χ2n) is 3.92. The van der Waals surface area contributed by atoms with Gasteiger partial charge < -0.3 is 18.8 Å². The summed E-state index contributed by atoms with van der Waals surface area (Å²) in [6.07, 6.45) is 0. The van der Waals surface area contributed by atoms with Gasteiger partial charge in [-0.1, -0.05) is 23.2 Å². The van der Waals surface area contributed by atoms with Crippen LogP contribution < -0.4 is 18.8 Å². The summed E-state index contributed by atoms with van der Waals surface area (Å²) in [7, 11) is 4.26. The van der Waals surface area contributed by atoms with Crippen molar-refractivity contribution in [2.75, 3.05) is 14.2 Å². The van der Waals surface area contributed by atoms with Crippen LogP contribution in [-0.4, -0.2) is 21.9 Å². The molecule has 0 aromatic heterocycles. The Morgan fingerprint density at radius 3 is 1.57 bits per heavy atom.